The number of methoxy groups -OCH3 is 1. The van der Waals surface area contributed by atoms with Crippen molar-refractivity contribution in [3.63, 3.8) is 0 Å². The Morgan fingerprint density at radius 1 is 1.11 bits per heavy atom. The highest BCUT2D eigenvalue weighted by Crippen LogP contribution is 2.31. The van der Waals surface area contributed by atoms with Gasteiger partial charge in [0.25, 0.3) is 0 Å². The summed E-state index contributed by atoms with van der Waals surface area (Å²) in [6.07, 6.45) is 6.77. The maximum Gasteiger partial charge on any atom is 0.224 e. The minimum Gasteiger partial charge on any atom is -0.497 e. The minimum atomic E-state index is 0.153. The van der Waals surface area contributed by atoms with Crippen LogP contribution in [0.2, 0.25) is 0 Å². The van der Waals surface area contributed by atoms with E-state index in [2.05, 4.69) is 32.7 Å². The number of rotatable bonds is 5. The fraction of sp³-hybridized carbons (Fsp3) is 0.391. The van der Waals surface area contributed by atoms with Gasteiger partial charge in [0, 0.05) is 19.5 Å². The molecule has 1 aliphatic rings. The number of likely N-dealkylation sites (tertiary alicyclic amines) is 1. The number of ether oxygens (including phenoxy) is 1. The topological polar surface area (TPSA) is 47.4 Å². The fourth-order valence-electron chi connectivity index (χ4n) is 4.13. The van der Waals surface area contributed by atoms with E-state index < -0.39 is 0 Å². The summed E-state index contributed by atoms with van der Waals surface area (Å²) in [6, 6.07) is 16.4. The van der Waals surface area contributed by atoms with Crippen LogP contribution in [0.3, 0.4) is 0 Å². The lowest BCUT2D eigenvalue weighted by atomic mass is 10.0. The van der Waals surface area contributed by atoms with Crippen LogP contribution in [0.15, 0.2) is 54.9 Å². The molecule has 5 heteroatoms. The van der Waals surface area contributed by atoms with E-state index in [9.17, 15) is 4.79 Å². The van der Waals surface area contributed by atoms with Crippen LogP contribution in [0.4, 0.5) is 0 Å². The third-order valence-corrected chi connectivity index (χ3v) is 5.67. The summed E-state index contributed by atoms with van der Waals surface area (Å²) in [5.41, 5.74) is 3.25. The minimum absolute atomic E-state index is 0.153. The smallest absolute Gasteiger partial charge is 0.224 e. The Labute approximate surface area is 165 Å². The summed E-state index contributed by atoms with van der Waals surface area (Å²) in [7, 11) is 1.68. The quantitative estimate of drug-likeness (QED) is 0.654. The van der Waals surface area contributed by atoms with E-state index in [1.54, 1.807) is 7.11 Å². The molecule has 0 aliphatic carbocycles. The Balaban J connectivity index is 1.49. The summed E-state index contributed by atoms with van der Waals surface area (Å²) < 4.78 is 7.36. The van der Waals surface area contributed by atoms with E-state index in [0.29, 0.717) is 13.0 Å². The number of para-hydroxylation sites is 2. The predicted molar refractivity (Wildman–Crippen MR) is 110 cm³/mol. The van der Waals surface area contributed by atoms with E-state index in [1.807, 2.05) is 36.7 Å². The van der Waals surface area contributed by atoms with Gasteiger partial charge in [0.1, 0.15) is 5.75 Å². The van der Waals surface area contributed by atoms with Gasteiger partial charge in [-0.1, -0.05) is 37.1 Å². The molecule has 1 aliphatic heterocycles. The summed E-state index contributed by atoms with van der Waals surface area (Å²) in [4.78, 5) is 19.7. The molecule has 5 nitrogen and oxygen atoms in total. The lowest BCUT2D eigenvalue weighted by molar-refractivity contribution is -0.133. The second kappa shape index (κ2) is 8.46. The van der Waals surface area contributed by atoms with Crippen molar-refractivity contribution < 1.29 is 9.53 Å². The molecule has 146 valence electrons. The number of carbonyl (C=O) groups excluding carboxylic acids is 1. The van der Waals surface area contributed by atoms with Crippen LogP contribution in [-0.2, 0) is 11.3 Å². The van der Waals surface area contributed by atoms with Gasteiger partial charge in [-0.15, -0.1) is 0 Å². The summed E-state index contributed by atoms with van der Waals surface area (Å²) in [5, 5.41) is 0. The molecule has 1 fully saturated rings. The van der Waals surface area contributed by atoms with E-state index in [1.165, 1.54) is 12.0 Å². The van der Waals surface area contributed by atoms with Gasteiger partial charge in [0.2, 0.25) is 5.91 Å². The zero-order chi connectivity index (χ0) is 19.3. The normalized spacial score (nSPS) is 17.5. The molecular weight excluding hydrogens is 350 g/mol. The molecule has 1 amide bonds. The van der Waals surface area contributed by atoms with Gasteiger partial charge in [-0.2, -0.15) is 0 Å². The molecule has 0 N–H and O–H groups in total. The van der Waals surface area contributed by atoms with Crippen LogP contribution in [0, 0.1) is 0 Å². The lowest BCUT2D eigenvalue weighted by Gasteiger charge is -2.31. The molecule has 0 radical (unpaired) electrons. The SMILES string of the molecule is COc1ccc(C2CCCCCN2C(=O)CCn2cnc3ccccc32)cc1. The first-order valence-electron chi connectivity index (χ1n) is 10.1. The maximum atomic E-state index is 13.2. The molecule has 0 bridgehead atoms. The average Bonchev–Trinajstić information content (AvgIpc) is 2.99. The highest BCUT2D eigenvalue weighted by Gasteiger charge is 2.26. The third-order valence-electron chi connectivity index (χ3n) is 5.67. The van der Waals surface area contributed by atoms with Crippen LogP contribution in [0.1, 0.15) is 43.7 Å². The number of nitrogens with zero attached hydrogens (tertiary/aromatic N) is 3. The molecule has 1 saturated heterocycles. The van der Waals surface area contributed by atoms with E-state index >= 15 is 0 Å². The maximum absolute atomic E-state index is 13.2. The van der Waals surface area contributed by atoms with Gasteiger partial charge in [-0.3, -0.25) is 4.79 Å². The van der Waals surface area contributed by atoms with Crippen molar-refractivity contribution in [2.24, 2.45) is 0 Å². The van der Waals surface area contributed by atoms with Crippen molar-refractivity contribution in [1.82, 2.24) is 14.5 Å². The summed E-state index contributed by atoms with van der Waals surface area (Å²) in [5.74, 6) is 1.07. The van der Waals surface area contributed by atoms with Gasteiger partial charge >= 0.3 is 0 Å². The number of fused-ring (bicyclic) bond motifs is 1. The highest BCUT2D eigenvalue weighted by atomic mass is 16.5. The molecule has 1 aromatic heterocycles. The van der Waals surface area contributed by atoms with Crippen molar-refractivity contribution in [2.75, 3.05) is 13.7 Å². The second-order valence-electron chi connectivity index (χ2n) is 7.40. The van der Waals surface area contributed by atoms with E-state index in [0.717, 1.165) is 42.6 Å². The molecule has 4 rings (SSSR count). The van der Waals surface area contributed by atoms with Crippen molar-refractivity contribution in [3.8, 4) is 5.75 Å². The first-order valence-corrected chi connectivity index (χ1v) is 10.1. The standard InChI is InChI=1S/C23H27N3O2/c1-28-19-12-10-18(11-13-19)21-8-3-2-6-15-26(21)23(27)14-16-25-17-24-20-7-4-5-9-22(20)25/h4-5,7,9-13,17,21H,2-3,6,8,14-16H2,1H3. The first kappa shape index (κ1) is 18.5. The van der Waals surface area contributed by atoms with Gasteiger partial charge in [-0.05, 0) is 42.7 Å². The summed E-state index contributed by atoms with van der Waals surface area (Å²) in [6.45, 7) is 1.49. The van der Waals surface area contributed by atoms with Crippen LogP contribution >= 0.6 is 0 Å². The van der Waals surface area contributed by atoms with E-state index in [-0.39, 0.29) is 11.9 Å². The Morgan fingerprint density at radius 2 is 1.93 bits per heavy atom. The second-order valence-corrected chi connectivity index (χ2v) is 7.40. The molecule has 28 heavy (non-hydrogen) atoms. The van der Waals surface area contributed by atoms with Crippen LogP contribution in [0.5, 0.6) is 5.75 Å². The number of aromatic nitrogens is 2. The van der Waals surface area contributed by atoms with Gasteiger partial charge in [-0.25, -0.2) is 4.98 Å². The molecule has 1 unspecified atom stereocenters. The van der Waals surface area contributed by atoms with Crippen molar-refractivity contribution >= 4 is 16.9 Å². The number of benzene rings is 2. The predicted octanol–water partition coefficient (Wildman–Crippen LogP) is 4.58. The number of hydrogen-bond acceptors (Lipinski definition) is 3. The zero-order valence-electron chi connectivity index (χ0n) is 16.4. The molecule has 0 spiro atoms. The van der Waals surface area contributed by atoms with Crippen LogP contribution in [0.25, 0.3) is 11.0 Å². The van der Waals surface area contributed by atoms with Crippen LogP contribution < -0.4 is 4.74 Å². The molecule has 0 saturated carbocycles. The summed E-state index contributed by atoms with van der Waals surface area (Å²) >= 11 is 0. The monoisotopic (exact) mass is 377 g/mol. The van der Waals surface area contributed by atoms with Crippen molar-refractivity contribution in [2.45, 2.75) is 44.7 Å². The highest BCUT2D eigenvalue weighted by molar-refractivity contribution is 5.78. The zero-order valence-corrected chi connectivity index (χ0v) is 16.4. The third kappa shape index (κ3) is 3.88. The number of aryl methyl sites for hydroxylation is 1. The number of carbonyl (C=O) groups is 1. The largest absolute Gasteiger partial charge is 0.497 e. The average molecular weight is 377 g/mol. The lowest BCUT2D eigenvalue weighted by Crippen LogP contribution is -2.35. The Bertz CT molecular complexity index is 932. The molecule has 2 heterocycles. The van der Waals surface area contributed by atoms with Gasteiger partial charge in [0.15, 0.2) is 0 Å². The molecule has 1 atom stereocenters. The Kier molecular flexibility index (Phi) is 5.60. The van der Waals surface area contributed by atoms with E-state index in [4.69, 9.17) is 4.74 Å². The van der Waals surface area contributed by atoms with Gasteiger partial charge in [0.05, 0.1) is 30.5 Å². The number of imidazole rings is 1. The number of hydrogen-bond donors (Lipinski definition) is 0. The Hall–Kier alpha value is -2.82. The van der Waals surface area contributed by atoms with Crippen molar-refractivity contribution in [3.05, 3.63) is 60.4 Å². The first-order chi connectivity index (χ1) is 13.8. The molecule has 3 aromatic rings. The van der Waals surface area contributed by atoms with Gasteiger partial charge < -0.3 is 14.2 Å². The molecular formula is C23H27N3O2. The van der Waals surface area contributed by atoms with Crippen molar-refractivity contribution in [1.29, 1.82) is 0 Å². The van der Waals surface area contributed by atoms with Crippen LogP contribution in [-0.4, -0.2) is 34.0 Å². The Morgan fingerprint density at radius 3 is 2.75 bits per heavy atom. The number of amides is 1. The fourth-order valence-corrected chi connectivity index (χ4v) is 4.13. The molecule has 2 aromatic carbocycles.